The van der Waals surface area contributed by atoms with E-state index in [0.29, 0.717) is 11.4 Å². The maximum Gasteiger partial charge on any atom is 0.325 e. The number of esters is 1. The van der Waals surface area contributed by atoms with Crippen LogP contribution in [0, 0.1) is 0 Å². The highest BCUT2D eigenvalue weighted by Gasteiger charge is 2.44. The lowest BCUT2D eigenvalue weighted by molar-refractivity contribution is -0.153. The van der Waals surface area contributed by atoms with Crippen LogP contribution in [0.4, 0.5) is 10.5 Å². The molecule has 1 heterocycles. The van der Waals surface area contributed by atoms with Crippen LogP contribution in [-0.4, -0.2) is 54.0 Å². The van der Waals surface area contributed by atoms with Gasteiger partial charge in [0.1, 0.15) is 11.3 Å². The number of anilines is 1. The molecule has 1 atom stereocenters. The minimum Gasteiger partial charge on any atom is -0.497 e. The summed E-state index contributed by atoms with van der Waals surface area (Å²) in [6.45, 7) is 4.49. The zero-order chi connectivity index (χ0) is 20.2. The molecule has 0 aliphatic carbocycles. The van der Waals surface area contributed by atoms with Crippen LogP contribution in [0.3, 0.4) is 0 Å². The fourth-order valence-electron chi connectivity index (χ4n) is 2.45. The number of nitrogens with zero attached hydrogens (tertiary/aromatic N) is 1. The van der Waals surface area contributed by atoms with Crippen molar-refractivity contribution in [1.29, 1.82) is 0 Å². The van der Waals surface area contributed by atoms with Gasteiger partial charge in [0.25, 0.3) is 11.8 Å². The summed E-state index contributed by atoms with van der Waals surface area (Å²) in [6, 6.07) is 6.13. The van der Waals surface area contributed by atoms with E-state index in [1.165, 1.54) is 14.0 Å². The van der Waals surface area contributed by atoms with Gasteiger partial charge in [-0.2, -0.15) is 0 Å². The van der Waals surface area contributed by atoms with E-state index in [1.54, 1.807) is 38.1 Å². The van der Waals surface area contributed by atoms with E-state index < -0.39 is 35.5 Å². The number of hydrogen-bond donors (Lipinski definition) is 2. The largest absolute Gasteiger partial charge is 0.497 e. The molecule has 0 radical (unpaired) electrons. The van der Waals surface area contributed by atoms with Crippen LogP contribution in [0.1, 0.15) is 27.2 Å². The molecule has 146 valence electrons. The molecule has 1 unspecified atom stereocenters. The molecule has 2 rings (SSSR count). The number of hydrogen-bond acceptors (Lipinski definition) is 6. The molecule has 1 fully saturated rings. The maximum absolute atomic E-state index is 12.1. The second-order valence-corrected chi connectivity index (χ2v) is 6.61. The molecule has 2 N–H and O–H groups in total. The second kappa shape index (κ2) is 8.07. The molecule has 9 heteroatoms. The Hall–Kier alpha value is -3.10. The number of carbonyl (C=O) groups excluding carboxylic acids is 4. The molecule has 1 aliphatic rings. The van der Waals surface area contributed by atoms with Gasteiger partial charge in [-0.25, -0.2) is 4.79 Å². The van der Waals surface area contributed by atoms with E-state index in [4.69, 9.17) is 9.47 Å². The summed E-state index contributed by atoms with van der Waals surface area (Å²) in [5.41, 5.74) is -0.461. The van der Waals surface area contributed by atoms with Crippen LogP contribution in [0.2, 0.25) is 0 Å². The van der Waals surface area contributed by atoms with Crippen molar-refractivity contribution in [2.75, 3.05) is 19.0 Å². The van der Waals surface area contributed by atoms with Crippen molar-refractivity contribution in [3.8, 4) is 5.75 Å². The van der Waals surface area contributed by atoms with E-state index in [9.17, 15) is 19.2 Å². The molecule has 27 heavy (non-hydrogen) atoms. The van der Waals surface area contributed by atoms with Crippen molar-refractivity contribution in [3.63, 3.8) is 0 Å². The summed E-state index contributed by atoms with van der Waals surface area (Å²) in [7, 11) is 1.54. The molecule has 1 aromatic rings. The number of ether oxygens (including phenoxy) is 2. The average Bonchev–Trinajstić information content (AvgIpc) is 2.81. The minimum absolute atomic E-state index is 0.111. The third-order valence-corrected chi connectivity index (χ3v) is 4.02. The molecule has 9 nitrogen and oxygen atoms in total. The molecule has 0 aromatic heterocycles. The van der Waals surface area contributed by atoms with E-state index in [-0.39, 0.29) is 13.0 Å². The highest BCUT2D eigenvalue weighted by Crippen LogP contribution is 2.17. The standard InChI is InChI=1S/C18H23N3O6/c1-11(15(23)19-12-5-7-13(26-4)8-6-12)27-14(22)9-10-21-16(24)18(2,3)20-17(21)25/h5-8,11H,9-10H2,1-4H3,(H,19,23)(H,20,25). The van der Waals surface area contributed by atoms with Gasteiger partial charge in [-0.15, -0.1) is 0 Å². The number of nitrogens with one attached hydrogen (secondary N) is 2. The molecule has 4 amide bonds. The predicted octanol–water partition coefficient (Wildman–Crippen LogP) is 1.29. The summed E-state index contributed by atoms with van der Waals surface area (Å²) in [6.07, 6.45) is -1.23. The number of rotatable bonds is 7. The minimum atomic E-state index is -1.03. The molecular weight excluding hydrogens is 354 g/mol. The van der Waals surface area contributed by atoms with Gasteiger partial charge in [0.15, 0.2) is 6.10 Å². The number of amides is 4. The Bertz CT molecular complexity index is 744. The van der Waals surface area contributed by atoms with Crippen LogP contribution in [-0.2, 0) is 19.1 Å². The van der Waals surface area contributed by atoms with E-state index in [1.807, 2.05) is 0 Å². The van der Waals surface area contributed by atoms with E-state index in [2.05, 4.69) is 10.6 Å². The Kier molecular flexibility index (Phi) is 6.04. The highest BCUT2D eigenvalue weighted by atomic mass is 16.5. The third-order valence-electron chi connectivity index (χ3n) is 4.02. The molecule has 0 spiro atoms. The topological polar surface area (TPSA) is 114 Å². The summed E-state index contributed by atoms with van der Waals surface area (Å²) in [5.74, 6) is -0.941. The lowest BCUT2D eigenvalue weighted by atomic mass is 10.1. The van der Waals surface area contributed by atoms with Crippen molar-refractivity contribution < 1.29 is 28.7 Å². The van der Waals surface area contributed by atoms with Crippen molar-refractivity contribution >= 4 is 29.5 Å². The quantitative estimate of drug-likeness (QED) is 0.547. The fraction of sp³-hybridized carbons (Fsp3) is 0.444. The van der Waals surface area contributed by atoms with Gasteiger partial charge in [-0.3, -0.25) is 19.3 Å². The van der Waals surface area contributed by atoms with Crippen molar-refractivity contribution in [2.45, 2.75) is 38.8 Å². The zero-order valence-corrected chi connectivity index (χ0v) is 15.7. The summed E-state index contributed by atoms with van der Waals surface area (Å²) >= 11 is 0. The summed E-state index contributed by atoms with van der Waals surface area (Å²) in [4.78, 5) is 48.8. The van der Waals surface area contributed by atoms with Crippen LogP contribution < -0.4 is 15.4 Å². The number of methoxy groups -OCH3 is 1. The van der Waals surface area contributed by atoms with E-state index in [0.717, 1.165) is 4.90 Å². The normalized spacial score (nSPS) is 16.5. The number of urea groups is 1. The Balaban J connectivity index is 1.81. The monoisotopic (exact) mass is 377 g/mol. The highest BCUT2D eigenvalue weighted by molar-refractivity contribution is 6.06. The first-order valence-corrected chi connectivity index (χ1v) is 8.42. The fourth-order valence-corrected chi connectivity index (χ4v) is 2.45. The lowest BCUT2D eigenvalue weighted by Gasteiger charge is -2.17. The third kappa shape index (κ3) is 4.96. The Labute approximate surface area is 157 Å². The molecule has 1 saturated heterocycles. The lowest BCUT2D eigenvalue weighted by Crippen LogP contribution is -2.40. The molecule has 0 bridgehead atoms. The average molecular weight is 377 g/mol. The van der Waals surface area contributed by atoms with Crippen molar-refractivity contribution in [2.24, 2.45) is 0 Å². The Morgan fingerprint density at radius 3 is 2.37 bits per heavy atom. The van der Waals surface area contributed by atoms with Crippen LogP contribution >= 0.6 is 0 Å². The van der Waals surface area contributed by atoms with Gasteiger partial charge in [0.2, 0.25) is 0 Å². The first-order chi connectivity index (χ1) is 12.6. The van der Waals surface area contributed by atoms with Gasteiger partial charge in [0, 0.05) is 12.2 Å². The second-order valence-electron chi connectivity index (χ2n) is 6.61. The predicted molar refractivity (Wildman–Crippen MR) is 96.1 cm³/mol. The van der Waals surface area contributed by atoms with Crippen LogP contribution in [0.5, 0.6) is 5.75 Å². The summed E-state index contributed by atoms with van der Waals surface area (Å²) < 4.78 is 10.1. The van der Waals surface area contributed by atoms with Crippen LogP contribution in [0.25, 0.3) is 0 Å². The SMILES string of the molecule is COc1ccc(NC(=O)C(C)OC(=O)CCN2C(=O)NC(C)(C)C2=O)cc1. The summed E-state index contributed by atoms with van der Waals surface area (Å²) in [5, 5.41) is 5.14. The number of imide groups is 1. The van der Waals surface area contributed by atoms with Gasteiger partial charge in [-0.1, -0.05) is 0 Å². The molecule has 1 aromatic carbocycles. The van der Waals surface area contributed by atoms with Crippen molar-refractivity contribution in [1.82, 2.24) is 10.2 Å². The van der Waals surface area contributed by atoms with Crippen LogP contribution in [0.15, 0.2) is 24.3 Å². The van der Waals surface area contributed by atoms with Gasteiger partial charge in [-0.05, 0) is 45.0 Å². The zero-order valence-electron chi connectivity index (χ0n) is 15.7. The Morgan fingerprint density at radius 1 is 1.22 bits per heavy atom. The van der Waals surface area contributed by atoms with Crippen molar-refractivity contribution in [3.05, 3.63) is 24.3 Å². The molecule has 0 saturated carbocycles. The maximum atomic E-state index is 12.1. The smallest absolute Gasteiger partial charge is 0.325 e. The molecular formula is C18H23N3O6. The molecule has 1 aliphatic heterocycles. The van der Waals surface area contributed by atoms with Gasteiger partial charge in [0.05, 0.1) is 13.5 Å². The van der Waals surface area contributed by atoms with Gasteiger partial charge < -0.3 is 20.1 Å². The number of carbonyl (C=O) groups is 4. The Morgan fingerprint density at radius 2 is 1.85 bits per heavy atom. The number of benzene rings is 1. The van der Waals surface area contributed by atoms with E-state index >= 15 is 0 Å². The first-order valence-electron chi connectivity index (χ1n) is 8.42. The van der Waals surface area contributed by atoms with Gasteiger partial charge >= 0.3 is 12.0 Å². The first kappa shape index (κ1) is 20.2.